The number of esters is 1. The SMILES string of the molecule is CC(C)OC(=O)c1ccc(F)c(Cl)c1N. The van der Waals surface area contributed by atoms with Gasteiger partial charge in [0.25, 0.3) is 0 Å². The van der Waals surface area contributed by atoms with Crippen molar-refractivity contribution in [3.8, 4) is 0 Å². The van der Waals surface area contributed by atoms with E-state index in [4.69, 9.17) is 22.1 Å². The zero-order valence-electron chi connectivity index (χ0n) is 8.38. The van der Waals surface area contributed by atoms with E-state index in [0.717, 1.165) is 6.07 Å². The summed E-state index contributed by atoms with van der Waals surface area (Å²) < 4.78 is 17.8. The van der Waals surface area contributed by atoms with Crippen LogP contribution in [-0.2, 0) is 4.74 Å². The van der Waals surface area contributed by atoms with Gasteiger partial charge >= 0.3 is 5.97 Å². The molecular formula is C10H11ClFNO2. The van der Waals surface area contributed by atoms with Gasteiger partial charge in [0.05, 0.1) is 17.4 Å². The van der Waals surface area contributed by atoms with Gasteiger partial charge in [-0.2, -0.15) is 0 Å². The van der Waals surface area contributed by atoms with E-state index in [1.54, 1.807) is 13.8 Å². The average molecular weight is 232 g/mol. The zero-order chi connectivity index (χ0) is 11.6. The van der Waals surface area contributed by atoms with Crippen molar-refractivity contribution in [2.24, 2.45) is 0 Å². The number of ether oxygens (including phenoxy) is 1. The van der Waals surface area contributed by atoms with Crippen molar-refractivity contribution in [1.29, 1.82) is 0 Å². The van der Waals surface area contributed by atoms with Gasteiger partial charge in [0, 0.05) is 0 Å². The number of nitrogens with two attached hydrogens (primary N) is 1. The predicted molar refractivity (Wildman–Crippen MR) is 56.4 cm³/mol. The van der Waals surface area contributed by atoms with Crippen LogP contribution in [0.4, 0.5) is 10.1 Å². The Morgan fingerprint density at radius 3 is 2.67 bits per heavy atom. The number of halogens is 2. The summed E-state index contributed by atoms with van der Waals surface area (Å²) in [5.41, 5.74) is 5.47. The van der Waals surface area contributed by atoms with Crippen molar-refractivity contribution in [3.63, 3.8) is 0 Å². The Balaban J connectivity index is 3.06. The number of benzene rings is 1. The summed E-state index contributed by atoms with van der Waals surface area (Å²) in [6, 6.07) is 2.33. The summed E-state index contributed by atoms with van der Waals surface area (Å²) in [5, 5.41) is -0.256. The van der Waals surface area contributed by atoms with E-state index in [1.165, 1.54) is 6.07 Å². The molecule has 1 rings (SSSR count). The van der Waals surface area contributed by atoms with Crippen LogP contribution < -0.4 is 5.73 Å². The Morgan fingerprint density at radius 2 is 2.13 bits per heavy atom. The van der Waals surface area contributed by atoms with Crippen LogP contribution in [0.5, 0.6) is 0 Å². The molecule has 5 heteroatoms. The van der Waals surface area contributed by atoms with Crippen LogP contribution in [0.25, 0.3) is 0 Å². The molecule has 0 radical (unpaired) electrons. The molecule has 0 aliphatic heterocycles. The first-order valence-electron chi connectivity index (χ1n) is 4.38. The third-order valence-corrected chi connectivity index (χ3v) is 2.08. The molecule has 15 heavy (non-hydrogen) atoms. The van der Waals surface area contributed by atoms with E-state index in [0.29, 0.717) is 0 Å². The molecule has 0 aliphatic carbocycles. The van der Waals surface area contributed by atoms with E-state index in [2.05, 4.69) is 0 Å². The normalized spacial score (nSPS) is 10.5. The van der Waals surface area contributed by atoms with Gasteiger partial charge in [-0.25, -0.2) is 9.18 Å². The lowest BCUT2D eigenvalue weighted by molar-refractivity contribution is 0.0379. The molecule has 0 bridgehead atoms. The minimum Gasteiger partial charge on any atom is -0.459 e. The number of nitrogen functional groups attached to an aromatic ring is 1. The summed E-state index contributed by atoms with van der Waals surface area (Å²) >= 11 is 5.56. The Kier molecular flexibility index (Phi) is 3.52. The number of hydrogen-bond acceptors (Lipinski definition) is 3. The van der Waals surface area contributed by atoms with Crippen molar-refractivity contribution >= 4 is 23.3 Å². The van der Waals surface area contributed by atoms with E-state index in [1.807, 2.05) is 0 Å². The van der Waals surface area contributed by atoms with Gasteiger partial charge in [0.1, 0.15) is 10.8 Å². The van der Waals surface area contributed by atoms with Crippen molar-refractivity contribution in [1.82, 2.24) is 0 Å². The Bertz CT molecular complexity index is 393. The van der Waals surface area contributed by atoms with Gasteiger partial charge in [0.2, 0.25) is 0 Å². The summed E-state index contributed by atoms with van der Waals surface area (Å²) in [5.74, 6) is -1.26. The quantitative estimate of drug-likeness (QED) is 0.629. The monoisotopic (exact) mass is 231 g/mol. The van der Waals surface area contributed by atoms with Crippen LogP contribution in [-0.4, -0.2) is 12.1 Å². The number of anilines is 1. The number of hydrogen-bond donors (Lipinski definition) is 1. The highest BCUT2D eigenvalue weighted by molar-refractivity contribution is 6.34. The minimum absolute atomic E-state index is 0.0788. The topological polar surface area (TPSA) is 52.3 Å². The lowest BCUT2D eigenvalue weighted by atomic mass is 10.2. The molecule has 0 atom stereocenters. The van der Waals surface area contributed by atoms with Gasteiger partial charge in [0.15, 0.2) is 0 Å². The molecule has 0 heterocycles. The maximum absolute atomic E-state index is 12.9. The van der Waals surface area contributed by atoms with Crippen molar-refractivity contribution in [3.05, 3.63) is 28.5 Å². The molecule has 0 aromatic heterocycles. The first-order chi connectivity index (χ1) is 6.93. The highest BCUT2D eigenvalue weighted by Crippen LogP contribution is 2.26. The molecule has 82 valence electrons. The number of rotatable bonds is 2. The van der Waals surface area contributed by atoms with E-state index >= 15 is 0 Å². The smallest absolute Gasteiger partial charge is 0.340 e. The fourth-order valence-electron chi connectivity index (χ4n) is 1.02. The van der Waals surface area contributed by atoms with Crippen LogP contribution in [0.3, 0.4) is 0 Å². The van der Waals surface area contributed by atoms with Crippen LogP contribution in [0.2, 0.25) is 5.02 Å². The predicted octanol–water partition coefficient (Wildman–Crippen LogP) is 2.63. The van der Waals surface area contributed by atoms with Gasteiger partial charge in [-0.05, 0) is 26.0 Å². The van der Waals surface area contributed by atoms with E-state index < -0.39 is 11.8 Å². The fraction of sp³-hybridized carbons (Fsp3) is 0.300. The molecule has 0 amide bonds. The molecule has 0 aliphatic rings. The maximum atomic E-state index is 12.9. The van der Waals surface area contributed by atoms with Crippen LogP contribution in [0, 0.1) is 5.82 Å². The molecule has 3 nitrogen and oxygen atoms in total. The highest BCUT2D eigenvalue weighted by atomic mass is 35.5. The van der Waals surface area contributed by atoms with Crippen molar-refractivity contribution in [2.45, 2.75) is 20.0 Å². The largest absolute Gasteiger partial charge is 0.459 e. The Hall–Kier alpha value is -1.29. The molecule has 0 saturated heterocycles. The maximum Gasteiger partial charge on any atom is 0.340 e. The standard InChI is InChI=1S/C10H11ClFNO2/c1-5(2)15-10(14)6-3-4-7(12)8(11)9(6)13/h3-5H,13H2,1-2H3. The van der Waals surface area contributed by atoms with Crippen molar-refractivity contribution in [2.75, 3.05) is 5.73 Å². The van der Waals surface area contributed by atoms with E-state index in [-0.39, 0.29) is 22.4 Å². The average Bonchev–Trinajstić information content (AvgIpc) is 2.13. The summed E-state index contributed by atoms with van der Waals surface area (Å²) in [6.45, 7) is 3.42. The fourth-order valence-corrected chi connectivity index (χ4v) is 1.19. The summed E-state index contributed by atoms with van der Waals surface area (Å²) in [6.07, 6.45) is -0.263. The summed E-state index contributed by atoms with van der Waals surface area (Å²) in [7, 11) is 0. The van der Waals surface area contributed by atoms with Crippen molar-refractivity contribution < 1.29 is 13.9 Å². The lowest BCUT2D eigenvalue weighted by Gasteiger charge is -2.10. The molecule has 2 N–H and O–H groups in total. The first-order valence-corrected chi connectivity index (χ1v) is 4.75. The molecular weight excluding hydrogens is 221 g/mol. The second-order valence-corrected chi connectivity index (χ2v) is 3.65. The lowest BCUT2D eigenvalue weighted by Crippen LogP contribution is -2.13. The molecule has 0 fully saturated rings. The Morgan fingerprint density at radius 1 is 1.53 bits per heavy atom. The minimum atomic E-state index is -0.657. The molecule has 0 saturated carbocycles. The van der Waals surface area contributed by atoms with Crippen LogP contribution in [0.15, 0.2) is 12.1 Å². The highest BCUT2D eigenvalue weighted by Gasteiger charge is 2.16. The first kappa shape index (κ1) is 11.8. The molecule has 1 aromatic rings. The Labute approximate surface area is 92.0 Å². The number of carbonyl (C=O) groups is 1. The van der Waals surface area contributed by atoms with Gasteiger partial charge < -0.3 is 10.5 Å². The van der Waals surface area contributed by atoms with Crippen LogP contribution >= 0.6 is 11.6 Å². The molecule has 1 aromatic carbocycles. The van der Waals surface area contributed by atoms with E-state index in [9.17, 15) is 9.18 Å². The van der Waals surface area contributed by atoms with Gasteiger partial charge in [-0.1, -0.05) is 11.6 Å². The van der Waals surface area contributed by atoms with Crippen LogP contribution in [0.1, 0.15) is 24.2 Å². The second kappa shape index (κ2) is 4.49. The zero-order valence-corrected chi connectivity index (χ0v) is 9.14. The number of carbonyl (C=O) groups excluding carboxylic acids is 1. The second-order valence-electron chi connectivity index (χ2n) is 3.28. The van der Waals surface area contributed by atoms with Gasteiger partial charge in [-0.15, -0.1) is 0 Å². The summed E-state index contributed by atoms with van der Waals surface area (Å²) in [4.78, 5) is 11.5. The molecule has 0 unspecified atom stereocenters. The third-order valence-electron chi connectivity index (χ3n) is 1.70. The third kappa shape index (κ3) is 2.59. The van der Waals surface area contributed by atoms with Gasteiger partial charge in [-0.3, -0.25) is 0 Å². The molecule has 0 spiro atoms.